The molecule has 0 aliphatic heterocycles. The van der Waals surface area contributed by atoms with Gasteiger partial charge >= 0.3 is 0 Å². The van der Waals surface area contributed by atoms with E-state index in [1.54, 1.807) is 23.6 Å². The van der Waals surface area contributed by atoms with E-state index in [2.05, 4.69) is 27.9 Å². The Bertz CT molecular complexity index is 368. The Morgan fingerprint density at radius 3 is 2.86 bits per heavy atom. The molecular formula is C7H7IN4O2. The van der Waals surface area contributed by atoms with E-state index < -0.39 is 5.03 Å². The second-order valence-corrected chi connectivity index (χ2v) is 3.62. The van der Waals surface area contributed by atoms with Gasteiger partial charge in [0.1, 0.15) is 0 Å². The van der Waals surface area contributed by atoms with Crippen LogP contribution in [0.2, 0.25) is 0 Å². The highest BCUT2D eigenvalue weighted by atomic mass is 127. The molecule has 0 saturated carbocycles. The monoisotopic (exact) mass is 306 g/mol. The molecule has 3 N–H and O–H groups in total. The number of nitrogens with zero attached hydrogens (tertiary/aromatic N) is 1. The Morgan fingerprint density at radius 1 is 1.57 bits per heavy atom. The molecule has 14 heavy (non-hydrogen) atoms. The molecule has 0 heterocycles. The molecule has 0 aliphatic rings. The third-order valence-corrected chi connectivity index (χ3v) is 1.97. The molecule has 0 atom stereocenters. The Kier molecular flexibility index (Phi) is 3.63. The normalized spacial score (nSPS) is 9.21. The third-order valence-electron chi connectivity index (χ3n) is 1.30. The van der Waals surface area contributed by atoms with Crippen molar-refractivity contribution in [2.45, 2.75) is 0 Å². The molecule has 74 valence electrons. The maximum atomic E-state index is 9.98. The topological polar surface area (TPSA) is 91.1 Å². The Labute approximate surface area is 93.5 Å². The zero-order valence-electron chi connectivity index (χ0n) is 6.95. The highest BCUT2D eigenvalue weighted by molar-refractivity contribution is 14.1. The average molecular weight is 306 g/mol. The maximum absolute atomic E-state index is 9.98. The Balaban J connectivity index is 2.60. The zero-order valence-corrected chi connectivity index (χ0v) is 9.11. The summed E-state index contributed by atoms with van der Waals surface area (Å²) in [6.07, 6.45) is 0. The first-order chi connectivity index (χ1) is 6.58. The number of hydrazine groups is 1. The van der Waals surface area contributed by atoms with Crippen LogP contribution in [0.4, 0.5) is 5.69 Å². The molecule has 0 amide bonds. The van der Waals surface area contributed by atoms with Crippen molar-refractivity contribution in [1.82, 2.24) is 5.43 Å². The van der Waals surface area contributed by atoms with Gasteiger partial charge in [0.15, 0.2) is 5.03 Å². The lowest BCUT2D eigenvalue weighted by Crippen LogP contribution is -2.34. The first kappa shape index (κ1) is 10.7. The van der Waals surface area contributed by atoms with E-state index in [1.165, 1.54) is 0 Å². The summed E-state index contributed by atoms with van der Waals surface area (Å²) in [6.45, 7) is 0. The third kappa shape index (κ3) is 3.56. The second kappa shape index (κ2) is 4.74. The summed E-state index contributed by atoms with van der Waals surface area (Å²) in [7, 11) is 0. The van der Waals surface area contributed by atoms with Gasteiger partial charge < -0.3 is 5.32 Å². The van der Waals surface area contributed by atoms with Crippen molar-refractivity contribution in [2.75, 3.05) is 5.32 Å². The number of halogens is 1. The molecule has 0 fully saturated rings. The number of hydrogen-bond acceptors (Lipinski definition) is 3. The minimum Gasteiger partial charge on any atom is -0.322 e. The van der Waals surface area contributed by atoms with Crippen LogP contribution in [0.25, 0.3) is 0 Å². The number of anilines is 1. The molecule has 0 bridgehead atoms. The van der Waals surface area contributed by atoms with Crippen molar-refractivity contribution in [1.29, 1.82) is 5.41 Å². The second-order valence-electron chi connectivity index (χ2n) is 2.38. The highest BCUT2D eigenvalue weighted by Crippen LogP contribution is 2.11. The maximum Gasteiger partial charge on any atom is 0.255 e. The van der Waals surface area contributed by atoms with E-state index in [4.69, 9.17) is 5.41 Å². The fourth-order valence-electron chi connectivity index (χ4n) is 0.830. The fourth-order valence-corrected chi connectivity index (χ4v) is 1.37. The smallest absolute Gasteiger partial charge is 0.255 e. The van der Waals surface area contributed by atoms with Gasteiger partial charge in [0, 0.05) is 9.26 Å². The predicted octanol–water partition coefficient (Wildman–Crippen LogP) is 1.42. The summed E-state index contributed by atoms with van der Waals surface area (Å²) in [6, 6.07) is 7.18. The van der Waals surface area contributed by atoms with Crippen LogP contribution in [0.5, 0.6) is 0 Å². The van der Waals surface area contributed by atoms with Crippen LogP contribution < -0.4 is 10.7 Å². The molecule has 0 unspecified atom stereocenters. The van der Waals surface area contributed by atoms with Gasteiger partial charge in [0.2, 0.25) is 0 Å². The summed E-state index contributed by atoms with van der Waals surface area (Å²) in [5.74, 6) is -0.364. The lowest BCUT2D eigenvalue weighted by atomic mass is 10.3. The predicted molar refractivity (Wildman–Crippen MR) is 60.6 cm³/mol. The van der Waals surface area contributed by atoms with Crippen molar-refractivity contribution in [3.8, 4) is 0 Å². The number of benzene rings is 1. The van der Waals surface area contributed by atoms with Gasteiger partial charge in [-0.1, -0.05) is 11.5 Å². The first-order valence-corrected chi connectivity index (χ1v) is 4.68. The Hall–Kier alpha value is -1.38. The minimum atomic E-state index is -0.788. The number of hydrogen-bond donors (Lipinski definition) is 3. The fraction of sp³-hybridized carbons (Fsp3) is 0. The van der Waals surface area contributed by atoms with Gasteiger partial charge in [-0.3, -0.25) is 5.41 Å². The van der Waals surface area contributed by atoms with E-state index in [9.17, 15) is 10.1 Å². The first-order valence-electron chi connectivity index (χ1n) is 3.60. The van der Waals surface area contributed by atoms with Crippen LogP contribution in [0.15, 0.2) is 24.3 Å². The molecular weight excluding hydrogens is 299 g/mol. The lowest BCUT2D eigenvalue weighted by molar-refractivity contribution is -0.525. The molecule has 1 aromatic rings. The van der Waals surface area contributed by atoms with Crippen LogP contribution in [-0.2, 0) is 0 Å². The van der Waals surface area contributed by atoms with Crippen molar-refractivity contribution in [3.05, 3.63) is 37.9 Å². The molecule has 1 aromatic carbocycles. The summed E-state index contributed by atoms with van der Waals surface area (Å²) >= 11 is 2.11. The van der Waals surface area contributed by atoms with E-state index in [0.29, 0.717) is 5.69 Å². The molecule has 0 spiro atoms. The van der Waals surface area contributed by atoms with Gasteiger partial charge in [-0.25, -0.2) is 10.1 Å². The summed E-state index contributed by atoms with van der Waals surface area (Å²) in [5, 5.41) is 18.9. The summed E-state index contributed by atoms with van der Waals surface area (Å²) in [5.41, 5.74) is 2.34. The standard InChI is InChI=1S/C7H7IN4O2/c8-5-2-1-3-6(4-5)10-7(9)11-12(13)14/h1-4H,(H3,9,10,11). The molecule has 6 nitrogen and oxygen atoms in total. The van der Waals surface area contributed by atoms with Crippen LogP contribution >= 0.6 is 22.6 Å². The van der Waals surface area contributed by atoms with Gasteiger partial charge in [-0.15, -0.1) is 0 Å². The molecule has 7 heteroatoms. The van der Waals surface area contributed by atoms with Crippen molar-refractivity contribution >= 4 is 34.2 Å². The van der Waals surface area contributed by atoms with E-state index in [1.807, 2.05) is 6.07 Å². The highest BCUT2D eigenvalue weighted by Gasteiger charge is 2.02. The summed E-state index contributed by atoms with van der Waals surface area (Å²) < 4.78 is 0.988. The number of guanidine groups is 1. The Morgan fingerprint density at radius 2 is 2.29 bits per heavy atom. The summed E-state index contributed by atoms with van der Waals surface area (Å²) in [4.78, 5) is 9.98. The van der Waals surface area contributed by atoms with Gasteiger partial charge in [0.05, 0.1) is 0 Å². The van der Waals surface area contributed by atoms with Crippen LogP contribution in [-0.4, -0.2) is 11.0 Å². The minimum absolute atomic E-state index is 0.364. The lowest BCUT2D eigenvalue weighted by Gasteiger charge is -2.04. The van der Waals surface area contributed by atoms with Gasteiger partial charge in [-0.05, 0) is 40.8 Å². The van der Waals surface area contributed by atoms with E-state index >= 15 is 0 Å². The van der Waals surface area contributed by atoms with Gasteiger partial charge in [0.25, 0.3) is 5.96 Å². The quantitative estimate of drug-likeness (QED) is 0.253. The average Bonchev–Trinajstić information content (AvgIpc) is 2.01. The molecule has 0 saturated heterocycles. The van der Waals surface area contributed by atoms with Crippen LogP contribution in [0, 0.1) is 19.1 Å². The van der Waals surface area contributed by atoms with E-state index in [-0.39, 0.29) is 5.96 Å². The number of nitrogens with one attached hydrogen (secondary N) is 3. The van der Waals surface area contributed by atoms with Crippen molar-refractivity contribution < 1.29 is 5.03 Å². The van der Waals surface area contributed by atoms with Crippen LogP contribution in [0.1, 0.15) is 0 Å². The molecule has 0 radical (unpaired) electrons. The number of rotatable bonds is 2. The molecule has 1 rings (SSSR count). The van der Waals surface area contributed by atoms with E-state index in [0.717, 1.165) is 3.57 Å². The van der Waals surface area contributed by atoms with Gasteiger partial charge in [-0.2, -0.15) is 0 Å². The number of nitro groups is 1. The molecule has 0 aliphatic carbocycles. The van der Waals surface area contributed by atoms with Crippen molar-refractivity contribution in [3.63, 3.8) is 0 Å². The SMILES string of the molecule is N=C(Nc1cccc(I)c1)N[N+](=O)[O-]. The molecule has 0 aromatic heterocycles. The zero-order chi connectivity index (χ0) is 10.6. The van der Waals surface area contributed by atoms with Crippen molar-refractivity contribution in [2.24, 2.45) is 0 Å². The van der Waals surface area contributed by atoms with Crippen LogP contribution in [0.3, 0.4) is 0 Å². The largest absolute Gasteiger partial charge is 0.322 e.